The zero-order valence-corrected chi connectivity index (χ0v) is 25.1. The summed E-state index contributed by atoms with van der Waals surface area (Å²) < 4.78 is 11.8. The molecule has 0 bridgehead atoms. The van der Waals surface area contributed by atoms with Crippen LogP contribution in [-0.2, 0) is 6.54 Å². The van der Waals surface area contributed by atoms with Crippen LogP contribution >= 0.6 is 31.9 Å². The van der Waals surface area contributed by atoms with Crippen LogP contribution < -0.4 is 5.56 Å². The van der Waals surface area contributed by atoms with E-state index in [1.54, 1.807) is 12.3 Å². The summed E-state index contributed by atoms with van der Waals surface area (Å²) in [5.41, 5.74) is 5.26. The van der Waals surface area contributed by atoms with E-state index in [1.807, 2.05) is 66.7 Å². The van der Waals surface area contributed by atoms with Gasteiger partial charge in [-0.1, -0.05) is 86.5 Å². The summed E-state index contributed by atoms with van der Waals surface area (Å²) >= 11 is 7.25. The molecule has 0 aliphatic carbocycles. The molecule has 4 aromatic carbocycles. The van der Waals surface area contributed by atoms with Crippen molar-refractivity contribution >= 4 is 70.8 Å². The van der Waals surface area contributed by atoms with E-state index >= 15 is 0 Å². The number of hydrogen-bond donors (Lipinski definition) is 0. The molecular weight excluding hydrogens is 644 g/mol. The average Bonchev–Trinajstić information content (AvgIpc) is 3.53. The van der Waals surface area contributed by atoms with Crippen molar-refractivity contribution in [2.24, 2.45) is 5.10 Å². The van der Waals surface area contributed by atoms with Gasteiger partial charge in [0.1, 0.15) is 5.58 Å². The Morgan fingerprint density at radius 1 is 0.902 bits per heavy atom. The third-order valence-electron chi connectivity index (χ3n) is 7.33. The maximum absolute atomic E-state index is 13.8. The predicted octanol–water partition coefficient (Wildman–Crippen LogP) is 8.53. The molecule has 0 fully saturated rings. The molecule has 7 rings (SSSR count). The minimum Gasteiger partial charge on any atom is -0.453 e. The first-order valence-electron chi connectivity index (χ1n) is 13.0. The van der Waals surface area contributed by atoms with Gasteiger partial charge in [-0.2, -0.15) is 9.78 Å². The minimum absolute atomic E-state index is 0.262. The van der Waals surface area contributed by atoms with E-state index in [1.165, 1.54) is 4.68 Å². The highest BCUT2D eigenvalue weighted by atomic mass is 79.9. The predicted molar refractivity (Wildman–Crippen MR) is 172 cm³/mol. The highest BCUT2D eigenvalue weighted by Crippen LogP contribution is 2.30. The summed E-state index contributed by atoms with van der Waals surface area (Å²) in [7, 11) is 0. The first-order chi connectivity index (χ1) is 20.0. The molecule has 41 heavy (non-hydrogen) atoms. The number of fused-ring (bicyclic) bond motifs is 3. The van der Waals surface area contributed by atoms with Gasteiger partial charge in [-0.3, -0.25) is 4.79 Å². The Balaban J connectivity index is 1.40. The molecule has 3 heterocycles. The lowest BCUT2D eigenvalue weighted by Gasteiger charge is -2.11. The van der Waals surface area contributed by atoms with Gasteiger partial charge in [0.25, 0.3) is 5.56 Å². The van der Waals surface area contributed by atoms with Crippen molar-refractivity contribution in [2.45, 2.75) is 13.5 Å². The Morgan fingerprint density at radius 3 is 2.49 bits per heavy atom. The van der Waals surface area contributed by atoms with E-state index < -0.39 is 0 Å². The van der Waals surface area contributed by atoms with Gasteiger partial charge in [0, 0.05) is 43.0 Å². The van der Waals surface area contributed by atoms with E-state index in [2.05, 4.69) is 67.6 Å². The van der Waals surface area contributed by atoms with Crippen LogP contribution in [0.25, 0.3) is 44.4 Å². The molecule has 0 radical (unpaired) electrons. The van der Waals surface area contributed by atoms with Crippen molar-refractivity contribution in [1.82, 2.24) is 14.2 Å². The Hall–Kier alpha value is -4.27. The number of halogens is 2. The molecular formula is C33H22Br2N4O2. The number of aromatic nitrogens is 3. The van der Waals surface area contributed by atoms with Gasteiger partial charge in [-0.05, 0) is 55.0 Å². The van der Waals surface area contributed by atoms with Gasteiger partial charge in [0.05, 0.1) is 17.1 Å². The second-order valence-electron chi connectivity index (χ2n) is 9.80. The molecule has 7 aromatic rings. The number of nitrogens with zero attached hydrogens (tertiary/aromatic N) is 4. The minimum atomic E-state index is -0.262. The fourth-order valence-electron chi connectivity index (χ4n) is 5.24. The summed E-state index contributed by atoms with van der Waals surface area (Å²) in [6.07, 6.45) is 1.76. The largest absolute Gasteiger partial charge is 0.453 e. The first kappa shape index (κ1) is 25.7. The Kier molecular flexibility index (Phi) is 6.44. The fraction of sp³-hybridized carbons (Fsp3) is 0.0606. The smallest absolute Gasteiger partial charge is 0.282 e. The lowest BCUT2D eigenvalue weighted by Crippen LogP contribution is -2.20. The van der Waals surface area contributed by atoms with Crippen molar-refractivity contribution in [3.63, 3.8) is 0 Å². The number of para-hydroxylation sites is 3. The zero-order chi connectivity index (χ0) is 28.1. The first-order valence-corrected chi connectivity index (χ1v) is 14.6. The van der Waals surface area contributed by atoms with Gasteiger partial charge < -0.3 is 8.98 Å². The number of benzene rings is 4. The summed E-state index contributed by atoms with van der Waals surface area (Å²) in [5, 5.41) is 7.23. The second kappa shape index (κ2) is 10.3. The molecule has 200 valence electrons. The molecule has 0 spiro atoms. The number of furan rings is 1. The van der Waals surface area contributed by atoms with E-state index in [0.717, 1.165) is 47.6 Å². The monoisotopic (exact) mass is 664 g/mol. The van der Waals surface area contributed by atoms with Crippen molar-refractivity contribution in [1.29, 1.82) is 0 Å². The van der Waals surface area contributed by atoms with Crippen LogP contribution in [0.15, 0.2) is 120 Å². The molecule has 0 N–H and O–H groups in total. The lowest BCUT2D eigenvalue weighted by molar-refractivity contribution is 0.616. The molecule has 0 aliphatic rings. The van der Waals surface area contributed by atoms with Crippen LogP contribution in [0, 0.1) is 6.92 Å². The van der Waals surface area contributed by atoms with Crippen LogP contribution in [0.4, 0.5) is 0 Å². The highest BCUT2D eigenvalue weighted by molar-refractivity contribution is 9.11. The summed E-state index contributed by atoms with van der Waals surface area (Å²) in [6, 6.07) is 31.4. The van der Waals surface area contributed by atoms with Gasteiger partial charge in [-0.15, -0.1) is 0 Å². The van der Waals surface area contributed by atoms with Crippen molar-refractivity contribution in [3.05, 3.63) is 133 Å². The van der Waals surface area contributed by atoms with Crippen LogP contribution in [0.3, 0.4) is 0 Å². The molecule has 0 saturated heterocycles. The number of hydrogen-bond acceptors (Lipinski definition) is 4. The van der Waals surface area contributed by atoms with Gasteiger partial charge in [0.15, 0.2) is 5.76 Å². The van der Waals surface area contributed by atoms with Crippen molar-refractivity contribution < 1.29 is 4.42 Å². The maximum atomic E-state index is 13.8. The van der Waals surface area contributed by atoms with Crippen LogP contribution in [0.2, 0.25) is 0 Å². The van der Waals surface area contributed by atoms with E-state index in [-0.39, 0.29) is 5.56 Å². The topological polar surface area (TPSA) is 65.3 Å². The molecule has 0 atom stereocenters. The van der Waals surface area contributed by atoms with Gasteiger partial charge >= 0.3 is 0 Å². The molecule has 0 unspecified atom stereocenters. The number of rotatable bonds is 5. The second-order valence-corrected chi connectivity index (χ2v) is 11.6. The fourth-order valence-corrected chi connectivity index (χ4v) is 6.42. The molecule has 8 heteroatoms. The molecule has 0 saturated carbocycles. The standard InChI is InChI=1S/C33H22Br2N4O2/c1-20-26(24-9-4-6-12-29(24)38(20)19-22-14-15-23(34)17-27(22)35)18-36-39-32(31-16-21-8-2-7-13-30(21)41-31)37-28-11-5-3-10-25(28)33(39)40/h2-18H,19H2,1H3. The van der Waals surface area contributed by atoms with E-state index in [4.69, 9.17) is 14.5 Å². The van der Waals surface area contributed by atoms with Gasteiger partial charge in [0.2, 0.25) is 5.82 Å². The SMILES string of the molecule is Cc1c(C=Nn2c(-c3cc4ccccc4o3)nc3ccccc3c2=O)c2ccccc2n1Cc1ccc(Br)cc1Br. The molecule has 6 nitrogen and oxygen atoms in total. The van der Waals surface area contributed by atoms with Crippen molar-refractivity contribution in [2.75, 3.05) is 0 Å². The Bertz CT molecular complexity index is 2170. The van der Waals surface area contributed by atoms with Crippen LogP contribution in [-0.4, -0.2) is 20.4 Å². The zero-order valence-electron chi connectivity index (χ0n) is 21.9. The lowest BCUT2D eigenvalue weighted by atomic mass is 10.1. The summed E-state index contributed by atoms with van der Waals surface area (Å²) in [4.78, 5) is 18.6. The third-order valence-corrected chi connectivity index (χ3v) is 8.56. The third kappa shape index (κ3) is 4.53. The van der Waals surface area contributed by atoms with Gasteiger partial charge in [-0.25, -0.2) is 4.98 Å². The maximum Gasteiger partial charge on any atom is 0.282 e. The molecule has 0 amide bonds. The normalized spacial score (nSPS) is 11.9. The summed E-state index contributed by atoms with van der Waals surface area (Å²) in [6.45, 7) is 2.76. The van der Waals surface area contributed by atoms with E-state index in [0.29, 0.717) is 29.0 Å². The molecule has 0 aliphatic heterocycles. The highest BCUT2D eigenvalue weighted by Gasteiger charge is 2.18. The summed E-state index contributed by atoms with van der Waals surface area (Å²) in [5.74, 6) is 0.826. The van der Waals surface area contributed by atoms with Crippen LogP contribution in [0.5, 0.6) is 0 Å². The van der Waals surface area contributed by atoms with Crippen LogP contribution in [0.1, 0.15) is 16.8 Å². The quantitative estimate of drug-likeness (QED) is 0.173. The Morgan fingerprint density at radius 2 is 1.66 bits per heavy atom. The van der Waals surface area contributed by atoms with E-state index in [9.17, 15) is 4.79 Å². The average molecular weight is 666 g/mol. The van der Waals surface area contributed by atoms with Crippen molar-refractivity contribution in [3.8, 4) is 11.6 Å². The Labute approximate surface area is 251 Å². The molecule has 3 aromatic heterocycles.